The standard InChI is InChI=1S/C32H34O6/c1-3-7-27(8-4-1)25-37-31-15-11-29(12-16-31)35-23-21-33-19-20-34-22-24-36-30-13-17-32(18-14-30)38-26-28-9-5-2-6-10-28/h1-18H,19-26H2. The van der Waals surface area contributed by atoms with Crippen molar-refractivity contribution >= 4 is 0 Å². The maximum atomic E-state index is 5.79. The molecule has 198 valence electrons. The van der Waals surface area contributed by atoms with E-state index in [1.165, 1.54) is 0 Å². The quantitative estimate of drug-likeness (QED) is 0.153. The van der Waals surface area contributed by atoms with Gasteiger partial charge in [0.15, 0.2) is 0 Å². The summed E-state index contributed by atoms with van der Waals surface area (Å²) in [6.07, 6.45) is 0. The Labute approximate surface area is 224 Å². The largest absolute Gasteiger partial charge is 0.491 e. The van der Waals surface area contributed by atoms with Gasteiger partial charge in [0, 0.05) is 0 Å². The first-order valence-corrected chi connectivity index (χ1v) is 12.8. The summed E-state index contributed by atoms with van der Waals surface area (Å²) in [5, 5.41) is 0. The van der Waals surface area contributed by atoms with Gasteiger partial charge in [-0.3, -0.25) is 0 Å². The Hall–Kier alpha value is -4.00. The molecule has 0 N–H and O–H groups in total. The molecule has 4 aromatic rings. The van der Waals surface area contributed by atoms with Gasteiger partial charge < -0.3 is 28.4 Å². The molecule has 0 aromatic heterocycles. The Morgan fingerprint density at radius 1 is 0.316 bits per heavy atom. The van der Waals surface area contributed by atoms with Crippen LogP contribution in [0, 0.1) is 0 Å². The van der Waals surface area contributed by atoms with Crippen LogP contribution in [0.3, 0.4) is 0 Å². The van der Waals surface area contributed by atoms with Gasteiger partial charge in [-0.05, 0) is 59.7 Å². The zero-order chi connectivity index (χ0) is 26.1. The maximum Gasteiger partial charge on any atom is 0.120 e. The molecule has 0 bridgehead atoms. The van der Waals surface area contributed by atoms with Crippen molar-refractivity contribution in [1.29, 1.82) is 0 Å². The second kappa shape index (κ2) is 16.0. The minimum atomic E-state index is 0.471. The molecule has 0 aliphatic rings. The lowest BCUT2D eigenvalue weighted by molar-refractivity contribution is 0.0273. The topological polar surface area (TPSA) is 55.4 Å². The smallest absolute Gasteiger partial charge is 0.120 e. The third kappa shape index (κ3) is 10.2. The highest BCUT2D eigenvalue weighted by molar-refractivity contribution is 5.32. The van der Waals surface area contributed by atoms with Gasteiger partial charge in [0.05, 0.1) is 26.4 Å². The van der Waals surface area contributed by atoms with Crippen LogP contribution in [-0.2, 0) is 22.7 Å². The first-order valence-electron chi connectivity index (χ1n) is 12.8. The molecule has 6 nitrogen and oxygen atoms in total. The molecular weight excluding hydrogens is 480 g/mol. The lowest BCUT2D eigenvalue weighted by Gasteiger charge is -2.10. The van der Waals surface area contributed by atoms with E-state index in [2.05, 4.69) is 0 Å². The zero-order valence-corrected chi connectivity index (χ0v) is 21.5. The summed E-state index contributed by atoms with van der Waals surface area (Å²) >= 11 is 0. The van der Waals surface area contributed by atoms with E-state index in [9.17, 15) is 0 Å². The van der Waals surface area contributed by atoms with Crippen LogP contribution in [0.5, 0.6) is 23.0 Å². The lowest BCUT2D eigenvalue weighted by atomic mass is 10.2. The van der Waals surface area contributed by atoms with E-state index in [0.29, 0.717) is 52.9 Å². The van der Waals surface area contributed by atoms with Gasteiger partial charge >= 0.3 is 0 Å². The number of ether oxygens (including phenoxy) is 6. The number of hydrogen-bond donors (Lipinski definition) is 0. The van der Waals surface area contributed by atoms with Crippen LogP contribution in [0.2, 0.25) is 0 Å². The molecular formula is C32H34O6. The summed E-state index contributed by atoms with van der Waals surface area (Å²) < 4.78 is 34.1. The summed E-state index contributed by atoms with van der Waals surface area (Å²) in [7, 11) is 0. The molecule has 6 heteroatoms. The van der Waals surface area contributed by atoms with Crippen LogP contribution in [0.1, 0.15) is 11.1 Å². The van der Waals surface area contributed by atoms with Crippen LogP contribution in [0.15, 0.2) is 109 Å². The summed E-state index contributed by atoms with van der Waals surface area (Å²) in [5.74, 6) is 3.18. The summed E-state index contributed by atoms with van der Waals surface area (Å²) in [6.45, 7) is 4.01. The van der Waals surface area contributed by atoms with Crippen molar-refractivity contribution in [2.45, 2.75) is 13.2 Å². The highest BCUT2D eigenvalue weighted by Gasteiger charge is 2.00. The zero-order valence-electron chi connectivity index (χ0n) is 21.5. The van der Waals surface area contributed by atoms with Gasteiger partial charge in [0.1, 0.15) is 49.4 Å². The van der Waals surface area contributed by atoms with E-state index < -0.39 is 0 Å². The fraction of sp³-hybridized carbons (Fsp3) is 0.250. The lowest BCUT2D eigenvalue weighted by Crippen LogP contribution is -2.13. The van der Waals surface area contributed by atoms with Crippen molar-refractivity contribution in [2.24, 2.45) is 0 Å². The van der Waals surface area contributed by atoms with Crippen LogP contribution in [-0.4, -0.2) is 39.6 Å². The average Bonchev–Trinajstić information content (AvgIpc) is 2.98. The second-order valence-corrected chi connectivity index (χ2v) is 8.41. The molecule has 4 aromatic carbocycles. The van der Waals surface area contributed by atoms with Crippen molar-refractivity contribution in [3.05, 3.63) is 120 Å². The molecule has 0 fully saturated rings. The van der Waals surface area contributed by atoms with Crippen molar-refractivity contribution in [1.82, 2.24) is 0 Å². The van der Waals surface area contributed by atoms with Crippen LogP contribution in [0.4, 0.5) is 0 Å². The Morgan fingerprint density at radius 3 is 1.00 bits per heavy atom. The van der Waals surface area contributed by atoms with Crippen molar-refractivity contribution in [2.75, 3.05) is 39.6 Å². The van der Waals surface area contributed by atoms with Crippen LogP contribution in [0.25, 0.3) is 0 Å². The molecule has 0 unspecified atom stereocenters. The maximum absolute atomic E-state index is 5.79. The normalized spacial score (nSPS) is 10.6. The van der Waals surface area contributed by atoms with Gasteiger partial charge in [0.25, 0.3) is 0 Å². The van der Waals surface area contributed by atoms with Crippen LogP contribution >= 0.6 is 0 Å². The summed E-state index contributed by atoms with van der Waals surface area (Å²) in [5.41, 5.74) is 2.27. The number of benzene rings is 4. The van der Waals surface area contributed by atoms with Crippen molar-refractivity contribution in [3.63, 3.8) is 0 Å². The van der Waals surface area contributed by atoms with Crippen LogP contribution < -0.4 is 18.9 Å². The van der Waals surface area contributed by atoms with E-state index in [1.54, 1.807) is 0 Å². The van der Waals surface area contributed by atoms with E-state index >= 15 is 0 Å². The van der Waals surface area contributed by atoms with Gasteiger partial charge in [-0.15, -0.1) is 0 Å². The highest BCUT2D eigenvalue weighted by Crippen LogP contribution is 2.20. The molecule has 0 aliphatic heterocycles. The summed E-state index contributed by atoms with van der Waals surface area (Å²) in [4.78, 5) is 0. The van der Waals surface area contributed by atoms with Crippen molar-refractivity contribution < 1.29 is 28.4 Å². The molecule has 4 rings (SSSR count). The van der Waals surface area contributed by atoms with Crippen molar-refractivity contribution in [3.8, 4) is 23.0 Å². The molecule has 0 atom stereocenters. The van der Waals surface area contributed by atoms with E-state index in [-0.39, 0.29) is 0 Å². The molecule has 0 amide bonds. The first kappa shape index (κ1) is 27.0. The highest BCUT2D eigenvalue weighted by atomic mass is 16.6. The molecule has 0 spiro atoms. The predicted molar refractivity (Wildman–Crippen MR) is 147 cm³/mol. The Kier molecular flexibility index (Phi) is 11.4. The van der Waals surface area contributed by atoms with Gasteiger partial charge in [-0.2, -0.15) is 0 Å². The minimum absolute atomic E-state index is 0.471. The number of hydrogen-bond acceptors (Lipinski definition) is 6. The minimum Gasteiger partial charge on any atom is -0.491 e. The Bertz CT molecular complexity index is 1050. The molecule has 0 radical (unpaired) electrons. The molecule has 0 aliphatic carbocycles. The third-order valence-electron chi connectivity index (χ3n) is 5.51. The van der Waals surface area contributed by atoms with E-state index in [4.69, 9.17) is 28.4 Å². The second-order valence-electron chi connectivity index (χ2n) is 8.41. The summed E-state index contributed by atoms with van der Waals surface area (Å²) in [6, 6.07) is 35.4. The van der Waals surface area contributed by atoms with Gasteiger partial charge in [-0.25, -0.2) is 0 Å². The third-order valence-corrected chi connectivity index (χ3v) is 5.51. The molecule has 0 saturated heterocycles. The Morgan fingerprint density at radius 2 is 0.632 bits per heavy atom. The first-order chi connectivity index (χ1) is 18.8. The van der Waals surface area contributed by atoms with Gasteiger partial charge in [-0.1, -0.05) is 60.7 Å². The van der Waals surface area contributed by atoms with Gasteiger partial charge in [0.2, 0.25) is 0 Å². The molecule has 0 saturated carbocycles. The van der Waals surface area contributed by atoms with E-state index in [1.807, 2.05) is 109 Å². The number of rotatable bonds is 17. The molecule has 38 heavy (non-hydrogen) atoms. The average molecular weight is 515 g/mol. The SMILES string of the molecule is c1ccc(COc2ccc(OCCOCCOCCOc3ccc(OCc4ccccc4)cc3)cc2)cc1. The molecule has 0 heterocycles. The monoisotopic (exact) mass is 514 g/mol. The predicted octanol–water partition coefficient (Wildman–Crippen LogP) is 6.34. The fourth-order valence-electron chi connectivity index (χ4n) is 3.50. The Balaban J connectivity index is 0.974. The fourth-order valence-corrected chi connectivity index (χ4v) is 3.50. The van der Waals surface area contributed by atoms with E-state index in [0.717, 1.165) is 34.1 Å².